The Balaban J connectivity index is 1.88. The van der Waals surface area contributed by atoms with Crippen LogP contribution in [0.2, 0.25) is 0 Å². The fraction of sp³-hybridized carbons (Fsp3) is 0.278. The van der Waals surface area contributed by atoms with Crippen molar-refractivity contribution in [3.63, 3.8) is 0 Å². The van der Waals surface area contributed by atoms with Crippen molar-refractivity contribution in [1.29, 1.82) is 5.41 Å². The molecule has 122 valence electrons. The second-order valence-electron chi connectivity index (χ2n) is 5.17. The van der Waals surface area contributed by atoms with Crippen molar-refractivity contribution in [3.05, 3.63) is 53.6 Å². The maximum Gasteiger partial charge on any atom is 0.123 e. The van der Waals surface area contributed by atoms with Gasteiger partial charge in [-0.25, -0.2) is 0 Å². The molecule has 0 radical (unpaired) electrons. The first-order chi connectivity index (χ1) is 11.2. The van der Waals surface area contributed by atoms with Gasteiger partial charge in [-0.05, 0) is 24.3 Å². The Kier molecular flexibility index (Phi) is 6.00. The van der Waals surface area contributed by atoms with Crippen LogP contribution in [-0.2, 0) is 6.54 Å². The lowest BCUT2D eigenvalue weighted by atomic mass is 10.0. The second kappa shape index (κ2) is 8.19. The fourth-order valence-corrected chi connectivity index (χ4v) is 2.34. The van der Waals surface area contributed by atoms with E-state index in [1.807, 2.05) is 24.3 Å². The van der Waals surface area contributed by atoms with Crippen molar-refractivity contribution < 1.29 is 9.47 Å². The third-order valence-corrected chi connectivity index (χ3v) is 3.65. The van der Waals surface area contributed by atoms with Crippen LogP contribution in [0, 0.1) is 5.41 Å². The first-order valence-corrected chi connectivity index (χ1v) is 7.49. The van der Waals surface area contributed by atoms with Crippen molar-refractivity contribution in [2.75, 3.05) is 26.5 Å². The van der Waals surface area contributed by atoms with E-state index in [-0.39, 0.29) is 0 Å². The van der Waals surface area contributed by atoms with Crippen molar-refractivity contribution >= 4 is 11.4 Å². The number of nitrogen functional groups attached to an aromatic ring is 1. The van der Waals surface area contributed by atoms with Gasteiger partial charge < -0.3 is 25.9 Å². The third kappa shape index (κ3) is 4.47. The van der Waals surface area contributed by atoms with Crippen molar-refractivity contribution in [2.45, 2.75) is 13.0 Å². The highest BCUT2D eigenvalue weighted by atomic mass is 16.5. The smallest absolute Gasteiger partial charge is 0.123 e. The van der Waals surface area contributed by atoms with E-state index in [0.29, 0.717) is 36.7 Å². The van der Waals surface area contributed by atoms with Gasteiger partial charge in [0, 0.05) is 42.0 Å². The van der Waals surface area contributed by atoms with Crippen LogP contribution in [0.3, 0.4) is 0 Å². The quantitative estimate of drug-likeness (QED) is 0.398. The van der Waals surface area contributed by atoms with Gasteiger partial charge in [0.1, 0.15) is 11.5 Å². The molecule has 0 aliphatic rings. The number of anilines is 1. The molecule has 0 heterocycles. The van der Waals surface area contributed by atoms with Crippen molar-refractivity contribution in [1.82, 2.24) is 5.32 Å². The number of rotatable bonds is 8. The third-order valence-electron chi connectivity index (χ3n) is 3.65. The monoisotopic (exact) mass is 313 g/mol. The van der Waals surface area contributed by atoms with E-state index in [4.69, 9.17) is 20.6 Å². The van der Waals surface area contributed by atoms with Gasteiger partial charge >= 0.3 is 0 Å². The minimum atomic E-state index is 0.494. The lowest BCUT2D eigenvalue weighted by Gasteiger charge is -2.11. The zero-order valence-corrected chi connectivity index (χ0v) is 13.6. The summed E-state index contributed by atoms with van der Waals surface area (Å²) in [6.07, 6.45) is 0.590. The Labute approximate surface area is 136 Å². The Morgan fingerprint density at radius 2 is 1.91 bits per heavy atom. The molecule has 0 aromatic heterocycles. The SMILES string of the molecule is COc1ccc(N)c(C(=N)CCNCc2ccccc2OC)c1. The van der Waals surface area contributed by atoms with E-state index in [0.717, 1.165) is 16.9 Å². The summed E-state index contributed by atoms with van der Waals surface area (Å²) in [6, 6.07) is 13.3. The average molecular weight is 313 g/mol. The number of hydrogen-bond donors (Lipinski definition) is 3. The molecule has 0 saturated heterocycles. The van der Waals surface area contributed by atoms with Crippen LogP contribution in [-0.4, -0.2) is 26.5 Å². The van der Waals surface area contributed by atoms with Crippen LogP contribution in [0.1, 0.15) is 17.5 Å². The molecular formula is C18H23N3O2. The molecule has 0 spiro atoms. The standard InChI is InChI=1S/C18H23N3O2/c1-22-14-7-8-16(19)15(11-14)17(20)9-10-21-12-13-5-3-4-6-18(13)23-2/h3-8,11,20-21H,9-10,12,19H2,1-2H3. The summed E-state index contributed by atoms with van der Waals surface area (Å²) in [5.41, 5.74) is 8.86. The van der Waals surface area contributed by atoms with Gasteiger partial charge in [0.15, 0.2) is 0 Å². The highest BCUT2D eigenvalue weighted by molar-refractivity contribution is 6.03. The first kappa shape index (κ1) is 16.8. The molecule has 5 nitrogen and oxygen atoms in total. The van der Waals surface area contributed by atoms with E-state index in [1.165, 1.54) is 0 Å². The number of para-hydroxylation sites is 1. The molecule has 0 bridgehead atoms. The second-order valence-corrected chi connectivity index (χ2v) is 5.17. The molecule has 0 aliphatic carbocycles. The van der Waals surface area contributed by atoms with E-state index >= 15 is 0 Å². The number of nitrogens with one attached hydrogen (secondary N) is 2. The molecule has 0 aliphatic heterocycles. The summed E-state index contributed by atoms with van der Waals surface area (Å²) in [4.78, 5) is 0. The minimum Gasteiger partial charge on any atom is -0.497 e. The highest BCUT2D eigenvalue weighted by Gasteiger charge is 2.08. The molecule has 2 rings (SSSR count). The number of benzene rings is 2. The first-order valence-electron chi connectivity index (χ1n) is 7.49. The van der Waals surface area contributed by atoms with Gasteiger partial charge in [-0.1, -0.05) is 18.2 Å². The van der Waals surface area contributed by atoms with Gasteiger partial charge in [0.05, 0.1) is 14.2 Å². The predicted molar refractivity (Wildman–Crippen MR) is 93.6 cm³/mol. The lowest BCUT2D eigenvalue weighted by Crippen LogP contribution is -2.19. The summed E-state index contributed by atoms with van der Waals surface area (Å²) < 4.78 is 10.5. The van der Waals surface area contributed by atoms with Crippen molar-refractivity contribution in [3.8, 4) is 11.5 Å². The zero-order valence-electron chi connectivity index (χ0n) is 13.6. The molecule has 0 fully saturated rings. The van der Waals surface area contributed by atoms with Crippen LogP contribution >= 0.6 is 0 Å². The maximum absolute atomic E-state index is 8.20. The maximum atomic E-state index is 8.20. The van der Waals surface area contributed by atoms with Crippen LogP contribution in [0.4, 0.5) is 5.69 Å². The minimum absolute atomic E-state index is 0.494. The molecule has 0 unspecified atom stereocenters. The van der Waals surface area contributed by atoms with Gasteiger partial charge in [-0.2, -0.15) is 0 Å². The fourth-order valence-electron chi connectivity index (χ4n) is 2.34. The largest absolute Gasteiger partial charge is 0.497 e. The van der Waals surface area contributed by atoms with Crippen LogP contribution in [0.25, 0.3) is 0 Å². The zero-order chi connectivity index (χ0) is 16.7. The van der Waals surface area contributed by atoms with Crippen LogP contribution in [0.15, 0.2) is 42.5 Å². The van der Waals surface area contributed by atoms with Gasteiger partial charge in [0.2, 0.25) is 0 Å². The van der Waals surface area contributed by atoms with Crippen LogP contribution in [0.5, 0.6) is 11.5 Å². The lowest BCUT2D eigenvalue weighted by molar-refractivity contribution is 0.408. The Hall–Kier alpha value is -2.53. The van der Waals surface area contributed by atoms with E-state index < -0.39 is 0 Å². The number of nitrogens with two attached hydrogens (primary N) is 1. The van der Waals surface area contributed by atoms with Gasteiger partial charge in [-0.3, -0.25) is 0 Å². The summed E-state index contributed by atoms with van der Waals surface area (Å²) in [5, 5.41) is 11.5. The highest BCUT2D eigenvalue weighted by Crippen LogP contribution is 2.21. The van der Waals surface area contributed by atoms with Crippen molar-refractivity contribution in [2.24, 2.45) is 0 Å². The average Bonchev–Trinajstić information content (AvgIpc) is 2.59. The summed E-state index contributed by atoms with van der Waals surface area (Å²) in [5.74, 6) is 1.58. The molecule has 23 heavy (non-hydrogen) atoms. The van der Waals surface area contributed by atoms with Gasteiger partial charge in [-0.15, -0.1) is 0 Å². The molecule has 2 aromatic carbocycles. The molecular weight excluding hydrogens is 290 g/mol. The molecule has 0 saturated carbocycles. The molecule has 0 atom stereocenters. The molecule has 2 aromatic rings. The molecule has 0 amide bonds. The van der Waals surface area contributed by atoms with Gasteiger partial charge in [0.25, 0.3) is 0 Å². The van der Waals surface area contributed by atoms with E-state index in [1.54, 1.807) is 32.4 Å². The normalized spacial score (nSPS) is 10.3. The number of hydrogen-bond acceptors (Lipinski definition) is 5. The van der Waals surface area contributed by atoms with E-state index in [2.05, 4.69) is 5.32 Å². The Morgan fingerprint density at radius 3 is 2.65 bits per heavy atom. The predicted octanol–water partition coefficient (Wildman–Crippen LogP) is 2.83. The van der Waals surface area contributed by atoms with Crippen LogP contribution < -0.4 is 20.5 Å². The summed E-state index contributed by atoms with van der Waals surface area (Å²) in [7, 11) is 3.27. The Morgan fingerprint density at radius 1 is 1.13 bits per heavy atom. The topological polar surface area (TPSA) is 80.4 Å². The number of ether oxygens (including phenoxy) is 2. The summed E-state index contributed by atoms with van der Waals surface area (Å²) >= 11 is 0. The molecule has 4 N–H and O–H groups in total. The summed E-state index contributed by atoms with van der Waals surface area (Å²) in [6.45, 7) is 1.39. The Bertz CT molecular complexity index is 671. The molecule has 5 heteroatoms. The van der Waals surface area contributed by atoms with E-state index in [9.17, 15) is 0 Å². The number of methoxy groups -OCH3 is 2.